The van der Waals surface area contributed by atoms with E-state index < -0.39 is 0 Å². The first-order chi connectivity index (χ1) is 9.61. The first-order valence-electron chi connectivity index (χ1n) is 7.26. The summed E-state index contributed by atoms with van der Waals surface area (Å²) in [7, 11) is 0. The maximum Gasteiger partial charge on any atom is 0.254 e. The first-order valence-corrected chi connectivity index (χ1v) is 7.26. The van der Waals surface area contributed by atoms with Gasteiger partial charge in [-0.05, 0) is 37.0 Å². The number of ether oxygens (including phenoxy) is 1. The van der Waals surface area contributed by atoms with Crippen molar-refractivity contribution in [1.29, 1.82) is 0 Å². The number of nitrogens with zero attached hydrogens (tertiary/aromatic N) is 1. The van der Waals surface area contributed by atoms with Crippen molar-refractivity contribution in [3.05, 3.63) is 29.8 Å². The highest BCUT2D eigenvalue weighted by Crippen LogP contribution is 2.28. The number of aliphatic hydroxyl groups excluding tert-OH is 1. The molecule has 4 nitrogen and oxygen atoms in total. The second-order valence-electron chi connectivity index (χ2n) is 5.69. The van der Waals surface area contributed by atoms with Crippen LogP contribution in [-0.4, -0.2) is 41.7 Å². The van der Waals surface area contributed by atoms with Crippen LogP contribution in [0.5, 0.6) is 5.75 Å². The minimum Gasteiger partial charge on any atom is -0.493 e. The Balaban J connectivity index is 2.06. The second kappa shape index (κ2) is 6.75. The van der Waals surface area contributed by atoms with Gasteiger partial charge in [0.15, 0.2) is 0 Å². The van der Waals surface area contributed by atoms with E-state index in [1.54, 1.807) is 17.0 Å². The lowest BCUT2D eigenvalue weighted by molar-refractivity contribution is 0.0707. The number of benzene rings is 1. The molecule has 0 unspecified atom stereocenters. The van der Waals surface area contributed by atoms with E-state index in [9.17, 15) is 4.79 Å². The molecule has 0 aliphatic heterocycles. The van der Waals surface area contributed by atoms with Gasteiger partial charge < -0.3 is 14.7 Å². The van der Waals surface area contributed by atoms with Crippen LogP contribution in [0.15, 0.2) is 24.3 Å². The number of rotatable bonds is 7. The lowest BCUT2D eigenvalue weighted by Crippen LogP contribution is -2.35. The second-order valence-corrected chi connectivity index (χ2v) is 5.69. The number of aliphatic hydroxyl groups is 1. The summed E-state index contributed by atoms with van der Waals surface area (Å²) in [4.78, 5) is 14.2. The SMILES string of the molecule is CC(C)COc1cccc(C(=O)N(CCO)C2CC2)c1. The quantitative estimate of drug-likeness (QED) is 0.832. The molecule has 0 aromatic heterocycles. The van der Waals surface area contributed by atoms with Crippen molar-refractivity contribution in [2.45, 2.75) is 32.7 Å². The van der Waals surface area contributed by atoms with Crippen LogP contribution in [0.2, 0.25) is 0 Å². The van der Waals surface area contributed by atoms with Crippen molar-refractivity contribution < 1.29 is 14.6 Å². The summed E-state index contributed by atoms with van der Waals surface area (Å²) in [5.41, 5.74) is 0.631. The summed E-state index contributed by atoms with van der Waals surface area (Å²) in [5, 5.41) is 9.09. The average molecular weight is 277 g/mol. The molecule has 1 fully saturated rings. The molecule has 1 saturated carbocycles. The van der Waals surface area contributed by atoms with Crippen molar-refractivity contribution in [2.75, 3.05) is 19.8 Å². The van der Waals surface area contributed by atoms with Gasteiger partial charge in [-0.25, -0.2) is 0 Å². The van der Waals surface area contributed by atoms with Gasteiger partial charge in [-0.2, -0.15) is 0 Å². The van der Waals surface area contributed by atoms with Crippen molar-refractivity contribution in [2.24, 2.45) is 5.92 Å². The number of hydrogen-bond donors (Lipinski definition) is 1. The fourth-order valence-electron chi connectivity index (χ4n) is 2.09. The van der Waals surface area contributed by atoms with Crippen LogP contribution in [0.4, 0.5) is 0 Å². The van der Waals surface area contributed by atoms with Crippen LogP contribution in [0, 0.1) is 5.92 Å². The Bertz CT molecular complexity index is 455. The van der Waals surface area contributed by atoms with E-state index in [0.717, 1.165) is 18.6 Å². The summed E-state index contributed by atoms with van der Waals surface area (Å²) in [6, 6.07) is 7.60. The molecule has 110 valence electrons. The van der Waals surface area contributed by atoms with Gasteiger partial charge >= 0.3 is 0 Å². The van der Waals surface area contributed by atoms with Gasteiger partial charge in [-0.1, -0.05) is 19.9 Å². The topological polar surface area (TPSA) is 49.8 Å². The predicted octanol–water partition coefficient (Wildman–Crippen LogP) is 2.32. The predicted molar refractivity (Wildman–Crippen MR) is 77.9 cm³/mol. The molecular weight excluding hydrogens is 254 g/mol. The van der Waals surface area contributed by atoms with Gasteiger partial charge in [-0.3, -0.25) is 4.79 Å². The summed E-state index contributed by atoms with van der Waals surface area (Å²) >= 11 is 0. The third-order valence-corrected chi connectivity index (χ3v) is 3.25. The Morgan fingerprint density at radius 1 is 1.45 bits per heavy atom. The zero-order valence-corrected chi connectivity index (χ0v) is 12.2. The van der Waals surface area contributed by atoms with Gasteiger partial charge in [0, 0.05) is 18.2 Å². The normalized spacial score (nSPS) is 14.4. The van der Waals surface area contributed by atoms with Crippen LogP contribution < -0.4 is 4.74 Å². The molecule has 0 heterocycles. The fraction of sp³-hybridized carbons (Fsp3) is 0.562. The zero-order chi connectivity index (χ0) is 14.5. The van der Waals surface area contributed by atoms with E-state index in [4.69, 9.17) is 9.84 Å². The zero-order valence-electron chi connectivity index (χ0n) is 12.2. The number of hydrogen-bond acceptors (Lipinski definition) is 3. The number of amides is 1. The highest BCUT2D eigenvalue weighted by Gasteiger charge is 2.32. The molecule has 1 aliphatic rings. The van der Waals surface area contributed by atoms with Crippen LogP contribution >= 0.6 is 0 Å². The standard InChI is InChI=1S/C16H23NO3/c1-12(2)11-20-15-5-3-4-13(10-15)16(19)17(8-9-18)14-6-7-14/h3-5,10,12,14,18H,6-9,11H2,1-2H3. The lowest BCUT2D eigenvalue weighted by Gasteiger charge is -2.21. The van der Waals surface area contributed by atoms with Crippen LogP contribution in [0.25, 0.3) is 0 Å². The van der Waals surface area contributed by atoms with E-state index >= 15 is 0 Å². The average Bonchev–Trinajstić information content (AvgIpc) is 3.26. The molecule has 0 bridgehead atoms. The summed E-state index contributed by atoms with van der Waals surface area (Å²) in [5.74, 6) is 1.16. The van der Waals surface area contributed by atoms with Gasteiger partial charge in [0.2, 0.25) is 0 Å². The Kier molecular flexibility index (Phi) is 5.01. The van der Waals surface area contributed by atoms with E-state index in [1.165, 1.54) is 0 Å². The molecule has 0 saturated heterocycles. The van der Waals surface area contributed by atoms with Crippen molar-refractivity contribution >= 4 is 5.91 Å². The molecule has 1 amide bonds. The smallest absolute Gasteiger partial charge is 0.254 e. The molecule has 0 radical (unpaired) electrons. The Labute approximate surface area is 120 Å². The first kappa shape index (κ1) is 14.9. The number of carbonyl (C=O) groups excluding carboxylic acids is 1. The maximum absolute atomic E-state index is 12.5. The molecule has 4 heteroatoms. The molecule has 1 N–H and O–H groups in total. The van der Waals surface area contributed by atoms with Crippen LogP contribution in [0.1, 0.15) is 37.0 Å². The maximum atomic E-state index is 12.5. The van der Waals surface area contributed by atoms with E-state index in [1.807, 2.05) is 12.1 Å². The largest absolute Gasteiger partial charge is 0.493 e. The number of carbonyl (C=O) groups is 1. The lowest BCUT2D eigenvalue weighted by atomic mass is 10.2. The summed E-state index contributed by atoms with van der Waals surface area (Å²) < 4.78 is 5.65. The van der Waals surface area contributed by atoms with Gasteiger partial charge in [0.05, 0.1) is 13.2 Å². The molecule has 0 spiro atoms. The van der Waals surface area contributed by atoms with Crippen molar-refractivity contribution in [3.63, 3.8) is 0 Å². The van der Waals surface area contributed by atoms with Crippen molar-refractivity contribution in [1.82, 2.24) is 4.90 Å². The highest BCUT2D eigenvalue weighted by atomic mass is 16.5. The molecule has 20 heavy (non-hydrogen) atoms. The minimum atomic E-state index is -0.0171. The molecule has 1 aromatic carbocycles. The molecule has 1 aromatic rings. The van der Waals surface area contributed by atoms with E-state index in [2.05, 4.69) is 13.8 Å². The van der Waals surface area contributed by atoms with Crippen LogP contribution in [0.3, 0.4) is 0 Å². The monoisotopic (exact) mass is 277 g/mol. The molecular formula is C16H23NO3. The summed E-state index contributed by atoms with van der Waals surface area (Å²) in [6.07, 6.45) is 2.07. The molecule has 0 atom stereocenters. The third-order valence-electron chi connectivity index (χ3n) is 3.25. The van der Waals surface area contributed by atoms with Crippen molar-refractivity contribution in [3.8, 4) is 5.75 Å². The van der Waals surface area contributed by atoms with E-state index in [0.29, 0.717) is 30.7 Å². The minimum absolute atomic E-state index is 0.00573. The Hall–Kier alpha value is -1.55. The van der Waals surface area contributed by atoms with Gasteiger partial charge in [-0.15, -0.1) is 0 Å². The summed E-state index contributed by atoms with van der Waals surface area (Å²) in [6.45, 7) is 5.23. The highest BCUT2D eigenvalue weighted by molar-refractivity contribution is 5.95. The van der Waals surface area contributed by atoms with Gasteiger partial charge in [0.1, 0.15) is 5.75 Å². The molecule has 1 aliphatic carbocycles. The fourth-order valence-corrected chi connectivity index (χ4v) is 2.09. The van der Waals surface area contributed by atoms with Crippen LogP contribution in [-0.2, 0) is 0 Å². The van der Waals surface area contributed by atoms with E-state index in [-0.39, 0.29) is 12.5 Å². The Morgan fingerprint density at radius 3 is 2.80 bits per heavy atom. The van der Waals surface area contributed by atoms with Gasteiger partial charge in [0.25, 0.3) is 5.91 Å². The third kappa shape index (κ3) is 3.97. The Morgan fingerprint density at radius 2 is 2.20 bits per heavy atom. The molecule has 2 rings (SSSR count).